The summed E-state index contributed by atoms with van der Waals surface area (Å²) >= 11 is 0. The van der Waals surface area contributed by atoms with Crippen LogP contribution in [0.4, 0.5) is 0 Å². The molecule has 2 aromatic heterocycles. The van der Waals surface area contributed by atoms with Gasteiger partial charge in [-0.1, -0.05) is 0 Å². The standard InChI is InChI=1S/C9H9N3O3/c1-2-15-8-7(9(13)14)6-5-10-3-4-12(6)11-8/h3-5H,2H2,1H3,(H,13,14). The Kier molecular flexibility index (Phi) is 2.24. The molecule has 0 aliphatic carbocycles. The van der Waals surface area contributed by atoms with Gasteiger partial charge in [0.25, 0.3) is 0 Å². The van der Waals surface area contributed by atoms with Crippen molar-refractivity contribution in [2.24, 2.45) is 0 Å². The second-order valence-corrected chi connectivity index (χ2v) is 2.82. The van der Waals surface area contributed by atoms with E-state index in [2.05, 4.69) is 10.1 Å². The van der Waals surface area contributed by atoms with E-state index in [4.69, 9.17) is 9.84 Å². The zero-order chi connectivity index (χ0) is 10.8. The fourth-order valence-electron chi connectivity index (χ4n) is 1.32. The molecule has 0 aromatic carbocycles. The first-order chi connectivity index (χ1) is 7.24. The van der Waals surface area contributed by atoms with Crippen LogP contribution in [0, 0.1) is 0 Å². The molecule has 0 saturated heterocycles. The number of nitrogens with zero attached hydrogens (tertiary/aromatic N) is 3. The van der Waals surface area contributed by atoms with Gasteiger partial charge in [0.1, 0.15) is 5.52 Å². The molecule has 78 valence electrons. The number of hydrogen-bond acceptors (Lipinski definition) is 4. The molecule has 0 aliphatic rings. The van der Waals surface area contributed by atoms with Gasteiger partial charge in [0, 0.05) is 12.4 Å². The number of aromatic nitrogens is 3. The lowest BCUT2D eigenvalue weighted by Crippen LogP contribution is -2.01. The van der Waals surface area contributed by atoms with Gasteiger partial charge in [0.2, 0.25) is 5.88 Å². The Balaban J connectivity index is 2.69. The second kappa shape index (κ2) is 3.56. The fourth-order valence-corrected chi connectivity index (χ4v) is 1.32. The van der Waals surface area contributed by atoms with Crippen molar-refractivity contribution in [3.63, 3.8) is 0 Å². The number of carboxylic acid groups (broad SMARTS) is 1. The molecule has 6 nitrogen and oxygen atoms in total. The average Bonchev–Trinajstić information content (AvgIpc) is 2.56. The van der Waals surface area contributed by atoms with Crippen molar-refractivity contribution in [3.8, 4) is 5.88 Å². The van der Waals surface area contributed by atoms with Gasteiger partial charge < -0.3 is 9.84 Å². The van der Waals surface area contributed by atoms with E-state index in [1.54, 1.807) is 13.1 Å². The third kappa shape index (κ3) is 1.50. The van der Waals surface area contributed by atoms with Gasteiger partial charge in [0.05, 0.1) is 12.8 Å². The molecule has 2 rings (SSSR count). The molecule has 0 bridgehead atoms. The molecule has 0 radical (unpaired) electrons. The van der Waals surface area contributed by atoms with Crippen molar-refractivity contribution >= 4 is 11.5 Å². The maximum absolute atomic E-state index is 11.0. The van der Waals surface area contributed by atoms with Crippen LogP contribution in [-0.4, -0.2) is 32.3 Å². The molecule has 2 heterocycles. The molecular formula is C9H9N3O3. The fraction of sp³-hybridized carbons (Fsp3) is 0.222. The van der Waals surface area contributed by atoms with E-state index < -0.39 is 5.97 Å². The molecule has 0 saturated carbocycles. The van der Waals surface area contributed by atoms with Gasteiger partial charge >= 0.3 is 5.97 Å². The Morgan fingerprint density at radius 2 is 2.47 bits per heavy atom. The Bertz CT molecular complexity index is 506. The van der Waals surface area contributed by atoms with Crippen LogP contribution >= 0.6 is 0 Å². The highest BCUT2D eigenvalue weighted by Crippen LogP contribution is 2.21. The van der Waals surface area contributed by atoms with Gasteiger partial charge in [-0.25, -0.2) is 9.31 Å². The van der Waals surface area contributed by atoms with Gasteiger partial charge in [0.15, 0.2) is 5.56 Å². The van der Waals surface area contributed by atoms with Gasteiger partial charge in [-0.05, 0) is 6.92 Å². The van der Waals surface area contributed by atoms with E-state index in [1.807, 2.05) is 0 Å². The highest BCUT2D eigenvalue weighted by atomic mass is 16.5. The van der Waals surface area contributed by atoms with Crippen molar-refractivity contribution in [2.75, 3.05) is 6.61 Å². The van der Waals surface area contributed by atoms with E-state index in [-0.39, 0.29) is 11.4 Å². The van der Waals surface area contributed by atoms with Crippen molar-refractivity contribution in [3.05, 3.63) is 24.2 Å². The number of fused-ring (bicyclic) bond motifs is 1. The maximum Gasteiger partial charge on any atom is 0.343 e. The van der Waals surface area contributed by atoms with Crippen LogP contribution in [0.15, 0.2) is 18.6 Å². The number of ether oxygens (including phenoxy) is 1. The van der Waals surface area contributed by atoms with Crippen LogP contribution in [0.3, 0.4) is 0 Å². The van der Waals surface area contributed by atoms with E-state index in [0.29, 0.717) is 12.1 Å². The molecule has 1 N–H and O–H groups in total. The predicted molar refractivity (Wildman–Crippen MR) is 51.1 cm³/mol. The second-order valence-electron chi connectivity index (χ2n) is 2.82. The molecule has 0 unspecified atom stereocenters. The molecule has 0 aliphatic heterocycles. The third-order valence-electron chi connectivity index (χ3n) is 1.90. The lowest BCUT2D eigenvalue weighted by Gasteiger charge is -1.97. The lowest BCUT2D eigenvalue weighted by molar-refractivity contribution is 0.0694. The van der Waals surface area contributed by atoms with Crippen molar-refractivity contribution < 1.29 is 14.6 Å². The van der Waals surface area contributed by atoms with Gasteiger partial charge in [-0.2, -0.15) is 0 Å². The van der Waals surface area contributed by atoms with Crippen molar-refractivity contribution in [2.45, 2.75) is 6.92 Å². The smallest absolute Gasteiger partial charge is 0.343 e. The molecule has 0 fully saturated rings. The first-order valence-corrected chi connectivity index (χ1v) is 4.42. The highest BCUT2D eigenvalue weighted by Gasteiger charge is 2.19. The molecule has 15 heavy (non-hydrogen) atoms. The minimum absolute atomic E-state index is 0.0463. The molecule has 0 spiro atoms. The summed E-state index contributed by atoms with van der Waals surface area (Å²) in [6.07, 6.45) is 4.55. The molecular weight excluding hydrogens is 198 g/mol. The van der Waals surface area contributed by atoms with Crippen LogP contribution in [0.25, 0.3) is 5.52 Å². The van der Waals surface area contributed by atoms with Crippen LogP contribution in [0.2, 0.25) is 0 Å². The minimum atomic E-state index is -1.07. The third-order valence-corrected chi connectivity index (χ3v) is 1.90. The zero-order valence-corrected chi connectivity index (χ0v) is 8.04. The quantitative estimate of drug-likeness (QED) is 0.806. The molecule has 0 amide bonds. The largest absolute Gasteiger partial charge is 0.477 e. The summed E-state index contributed by atoms with van der Waals surface area (Å²) in [5.74, 6) is -0.945. The van der Waals surface area contributed by atoms with E-state index in [9.17, 15) is 4.79 Å². The number of carbonyl (C=O) groups is 1. The predicted octanol–water partition coefficient (Wildman–Crippen LogP) is 0.826. The summed E-state index contributed by atoms with van der Waals surface area (Å²) in [5.41, 5.74) is 0.471. The minimum Gasteiger partial charge on any atom is -0.477 e. The Morgan fingerprint density at radius 1 is 1.67 bits per heavy atom. The molecule has 6 heteroatoms. The molecule has 2 aromatic rings. The summed E-state index contributed by atoms with van der Waals surface area (Å²) in [7, 11) is 0. The van der Waals surface area contributed by atoms with E-state index in [0.717, 1.165) is 0 Å². The Labute approximate surface area is 85.1 Å². The summed E-state index contributed by atoms with van der Waals surface area (Å²) < 4.78 is 6.57. The topological polar surface area (TPSA) is 76.7 Å². The summed E-state index contributed by atoms with van der Waals surface area (Å²) in [6, 6.07) is 0. The SMILES string of the molecule is CCOc1nn2ccncc2c1C(=O)O. The highest BCUT2D eigenvalue weighted by molar-refractivity contribution is 5.98. The van der Waals surface area contributed by atoms with Crippen LogP contribution in [-0.2, 0) is 0 Å². The summed E-state index contributed by atoms with van der Waals surface area (Å²) in [4.78, 5) is 14.9. The van der Waals surface area contributed by atoms with E-state index >= 15 is 0 Å². The normalized spacial score (nSPS) is 10.5. The van der Waals surface area contributed by atoms with Crippen LogP contribution in [0.5, 0.6) is 5.88 Å². The zero-order valence-electron chi connectivity index (χ0n) is 8.04. The number of carboxylic acids is 1. The van der Waals surface area contributed by atoms with Crippen molar-refractivity contribution in [1.29, 1.82) is 0 Å². The Morgan fingerprint density at radius 3 is 3.13 bits per heavy atom. The Hall–Kier alpha value is -2.11. The monoisotopic (exact) mass is 207 g/mol. The van der Waals surface area contributed by atoms with Crippen LogP contribution in [0.1, 0.15) is 17.3 Å². The summed E-state index contributed by atoms with van der Waals surface area (Å²) in [6.45, 7) is 2.14. The number of aromatic carboxylic acids is 1. The average molecular weight is 207 g/mol. The number of hydrogen-bond donors (Lipinski definition) is 1. The van der Waals surface area contributed by atoms with Gasteiger partial charge in [-0.3, -0.25) is 4.98 Å². The first kappa shape index (κ1) is 9.45. The first-order valence-electron chi connectivity index (χ1n) is 4.42. The van der Waals surface area contributed by atoms with Gasteiger partial charge in [-0.15, -0.1) is 5.10 Å². The number of rotatable bonds is 3. The molecule has 0 atom stereocenters. The lowest BCUT2D eigenvalue weighted by atomic mass is 10.3. The summed E-state index contributed by atoms with van der Waals surface area (Å²) in [5, 5.41) is 13.0. The van der Waals surface area contributed by atoms with Crippen LogP contribution < -0.4 is 4.74 Å². The maximum atomic E-state index is 11.0. The van der Waals surface area contributed by atoms with Crippen molar-refractivity contribution in [1.82, 2.24) is 14.6 Å². The van der Waals surface area contributed by atoms with E-state index in [1.165, 1.54) is 16.9 Å².